The van der Waals surface area contributed by atoms with Crippen LogP contribution in [-0.2, 0) is 17.7 Å². The Kier molecular flexibility index (Phi) is 6.58. The van der Waals surface area contributed by atoms with Crippen LogP contribution in [0.25, 0.3) is 11.4 Å². The first kappa shape index (κ1) is 18.8. The van der Waals surface area contributed by atoms with Gasteiger partial charge in [0.1, 0.15) is 5.82 Å². The van der Waals surface area contributed by atoms with E-state index >= 15 is 0 Å². The minimum absolute atomic E-state index is 0.0795. The van der Waals surface area contributed by atoms with Gasteiger partial charge in [-0.3, -0.25) is 9.69 Å². The predicted molar refractivity (Wildman–Crippen MR) is 104 cm³/mol. The average molecular weight is 355 g/mol. The van der Waals surface area contributed by atoms with Crippen molar-refractivity contribution >= 4 is 0 Å². The van der Waals surface area contributed by atoms with E-state index < -0.39 is 0 Å². The van der Waals surface area contributed by atoms with Gasteiger partial charge in [-0.1, -0.05) is 37.6 Å². The molecule has 1 N–H and O–H groups in total. The molecule has 1 aromatic carbocycles. The van der Waals surface area contributed by atoms with Crippen molar-refractivity contribution in [2.75, 3.05) is 20.2 Å². The molecule has 1 fully saturated rings. The van der Waals surface area contributed by atoms with Crippen molar-refractivity contribution in [1.29, 1.82) is 0 Å². The minimum atomic E-state index is -0.0795. The van der Waals surface area contributed by atoms with Crippen LogP contribution < -0.4 is 5.56 Å². The lowest BCUT2D eigenvalue weighted by Crippen LogP contribution is -2.38. The van der Waals surface area contributed by atoms with Crippen molar-refractivity contribution in [2.24, 2.45) is 0 Å². The number of rotatable bonds is 7. The SMILES string of the molecule is CCCCc1cc(=O)[nH]c(-c2ccc(CN3CCCC(OC)C3)cc2)n1. The van der Waals surface area contributed by atoms with Crippen LogP contribution in [0.2, 0.25) is 0 Å². The van der Waals surface area contributed by atoms with Gasteiger partial charge in [0.25, 0.3) is 5.56 Å². The van der Waals surface area contributed by atoms with E-state index in [2.05, 4.69) is 46.1 Å². The van der Waals surface area contributed by atoms with Crippen LogP contribution in [0.1, 0.15) is 43.9 Å². The Hall–Kier alpha value is -1.98. The number of H-pyrrole nitrogens is 1. The summed E-state index contributed by atoms with van der Waals surface area (Å²) in [6, 6.07) is 9.97. The molecule has 0 bridgehead atoms. The molecule has 0 amide bonds. The molecule has 1 aliphatic heterocycles. The molecule has 0 spiro atoms. The summed E-state index contributed by atoms with van der Waals surface area (Å²) < 4.78 is 5.50. The van der Waals surface area contributed by atoms with E-state index in [1.807, 2.05) is 0 Å². The molecule has 140 valence electrons. The number of benzene rings is 1. The number of ether oxygens (including phenoxy) is 1. The number of hydrogen-bond donors (Lipinski definition) is 1. The first-order chi connectivity index (χ1) is 12.7. The Morgan fingerprint density at radius 2 is 2.12 bits per heavy atom. The molecule has 5 heteroatoms. The number of aromatic amines is 1. The van der Waals surface area contributed by atoms with Crippen LogP contribution in [0.3, 0.4) is 0 Å². The molecule has 1 atom stereocenters. The molecule has 0 saturated carbocycles. The number of piperidine rings is 1. The van der Waals surface area contributed by atoms with E-state index in [-0.39, 0.29) is 5.56 Å². The van der Waals surface area contributed by atoms with Crippen LogP contribution >= 0.6 is 0 Å². The van der Waals surface area contributed by atoms with E-state index in [4.69, 9.17) is 4.74 Å². The molecule has 0 radical (unpaired) electrons. The highest BCUT2D eigenvalue weighted by molar-refractivity contribution is 5.55. The smallest absolute Gasteiger partial charge is 0.251 e. The molecule has 0 aliphatic carbocycles. The topological polar surface area (TPSA) is 58.2 Å². The molecule has 5 nitrogen and oxygen atoms in total. The Labute approximate surface area is 155 Å². The summed E-state index contributed by atoms with van der Waals surface area (Å²) in [6.07, 6.45) is 5.68. The molecule has 1 aromatic heterocycles. The highest BCUT2D eigenvalue weighted by Crippen LogP contribution is 2.19. The van der Waals surface area contributed by atoms with Gasteiger partial charge in [0.05, 0.1) is 6.10 Å². The summed E-state index contributed by atoms with van der Waals surface area (Å²) in [5, 5.41) is 0. The van der Waals surface area contributed by atoms with Gasteiger partial charge in [0.15, 0.2) is 0 Å². The Bertz CT molecular complexity index is 755. The number of aryl methyl sites for hydroxylation is 1. The van der Waals surface area contributed by atoms with Gasteiger partial charge in [-0.2, -0.15) is 0 Å². The normalized spacial score (nSPS) is 18.2. The Morgan fingerprint density at radius 3 is 2.85 bits per heavy atom. The Balaban J connectivity index is 1.69. The van der Waals surface area contributed by atoms with Crippen molar-refractivity contribution in [3.8, 4) is 11.4 Å². The summed E-state index contributed by atoms with van der Waals surface area (Å²) in [5.41, 5.74) is 3.02. The van der Waals surface area contributed by atoms with Crippen molar-refractivity contribution in [1.82, 2.24) is 14.9 Å². The van der Waals surface area contributed by atoms with E-state index in [0.29, 0.717) is 11.9 Å². The highest BCUT2D eigenvalue weighted by Gasteiger charge is 2.19. The van der Waals surface area contributed by atoms with Crippen molar-refractivity contribution in [2.45, 2.75) is 51.7 Å². The summed E-state index contributed by atoms with van der Waals surface area (Å²) in [5.74, 6) is 0.660. The lowest BCUT2D eigenvalue weighted by molar-refractivity contribution is 0.0285. The first-order valence-electron chi connectivity index (χ1n) is 9.62. The van der Waals surface area contributed by atoms with Gasteiger partial charge < -0.3 is 9.72 Å². The second-order valence-electron chi connectivity index (χ2n) is 7.12. The monoisotopic (exact) mass is 355 g/mol. The minimum Gasteiger partial charge on any atom is -0.380 e. The third kappa shape index (κ3) is 5.02. The zero-order valence-electron chi connectivity index (χ0n) is 15.8. The van der Waals surface area contributed by atoms with E-state index in [1.165, 1.54) is 12.0 Å². The molecule has 2 heterocycles. The van der Waals surface area contributed by atoms with Crippen LogP contribution in [0.4, 0.5) is 0 Å². The van der Waals surface area contributed by atoms with Crippen LogP contribution in [0.15, 0.2) is 35.1 Å². The van der Waals surface area contributed by atoms with Gasteiger partial charge in [-0.15, -0.1) is 0 Å². The number of likely N-dealkylation sites (tertiary alicyclic amines) is 1. The molecule has 26 heavy (non-hydrogen) atoms. The van der Waals surface area contributed by atoms with Gasteiger partial charge >= 0.3 is 0 Å². The Morgan fingerprint density at radius 1 is 1.31 bits per heavy atom. The fraction of sp³-hybridized carbons (Fsp3) is 0.524. The fourth-order valence-corrected chi connectivity index (χ4v) is 3.51. The van der Waals surface area contributed by atoms with Crippen molar-refractivity contribution < 1.29 is 4.74 Å². The summed E-state index contributed by atoms with van der Waals surface area (Å²) in [7, 11) is 1.80. The lowest BCUT2D eigenvalue weighted by atomic mass is 10.1. The zero-order chi connectivity index (χ0) is 18.4. The number of nitrogens with one attached hydrogen (secondary N) is 1. The summed E-state index contributed by atoms with van der Waals surface area (Å²) >= 11 is 0. The maximum atomic E-state index is 11.9. The zero-order valence-corrected chi connectivity index (χ0v) is 15.8. The number of nitrogens with zero attached hydrogens (tertiary/aromatic N) is 2. The molecular formula is C21H29N3O2. The van der Waals surface area contributed by atoms with E-state index in [1.54, 1.807) is 13.2 Å². The lowest BCUT2D eigenvalue weighted by Gasteiger charge is -2.31. The van der Waals surface area contributed by atoms with E-state index in [0.717, 1.165) is 56.6 Å². The van der Waals surface area contributed by atoms with Crippen LogP contribution in [0.5, 0.6) is 0 Å². The molecule has 1 unspecified atom stereocenters. The van der Waals surface area contributed by atoms with Crippen molar-refractivity contribution in [3.05, 3.63) is 51.9 Å². The van der Waals surface area contributed by atoms with Crippen LogP contribution in [0, 0.1) is 0 Å². The second kappa shape index (κ2) is 9.10. The summed E-state index contributed by atoms with van der Waals surface area (Å²) in [4.78, 5) is 21.9. The van der Waals surface area contributed by atoms with Gasteiger partial charge in [0.2, 0.25) is 0 Å². The maximum Gasteiger partial charge on any atom is 0.251 e. The molecule has 1 aliphatic rings. The third-order valence-corrected chi connectivity index (χ3v) is 5.01. The first-order valence-corrected chi connectivity index (χ1v) is 9.62. The molecule has 3 rings (SSSR count). The molecule has 1 saturated heterocycles. The predicted octanol–water partition coefficient (Wildman–Crippen LogP) is 3.39. The number of unbranched alkanes of at least 4 members (excludes halogenated alkanes) is 1. The van der Waals surface area contributed by atoms with E-state index in [9.17, 15) is 4.79 Å². The largest absolute Gasteiger partial charge is 0.380 e. The maximum absolute atomic E-state index is 11.9. The van der Waals surface area contributed by atoms with Gasteiger partial charge in [-0.25, -0.2) is 4.98 Å². The quantitative estimate of drug-likeness (QED) is 0.827. The number of aromatic nitrogens is 2. The number of hydrogen-bond acceptors (Lipinski definition) is 4. The van der Waals surface area contributed by atoms with Gasteiger partial charge in [-0.05, 0) is 37.8 Å². The molecule has 2 aromatic rings. The third-order valence-electron chi connectivity index (χ3n) is 5.01. The highest BCUT2D eigenvalue weighted by atomic mass is 16.5. The van der Waals surface area contributed by atoms with Crippen LogP contribution in [-0.4, -0.2) is 41.2 Å². The molecular weight excluding hydrogens is 326 g/mol. The standard InChI is InChI=1S/C21H29N3O2/c1-3-4-6-18-13-20(25)23-21(22-18)17-10-8-16(9-11-17)14-24-12-5-7-19(15-24)26-2/h8-11,13,19H,3-7,12,14-15H2,1-2H3,(H,22,23,25). The number of methoxy groups -OCH3 is 1. The average Bonchev–Trinajstić information content (AvgIpc) is 2.66. The fourth-order valence-electron chi connectivity index (χ4n) is 3.51. The van der Waals surface area contributed by atoms with Crippen molar-refractivity contribution in [3.63, 3.8) is 0 Å². The summed E-state index contributed by atoms with van der Waals surface area (Å²) in [6.45, 7) is 5.19. The second-order valence-corrected chi connectivity index (χ2v) is 7.12. The van der Waals surface area contributed by atoms with Gasteiger partial charge in [0, 0.05) is 37.5 Å².